The molecule has 3 aliphatic rings. The maximum absolute atomic E-state index is 10.0. The number of aliphatic hydroxyl groups excluding tert-OH is 1. The van der Waals surface area contributed by atoms with Crippen molar-refractivity contribution in [3.63, 3.8) is 0 Å². The van der Waals surface area contributed by atoms with Crippen molar-refractivity contribution in [2.75, 3.05) is 0 Å². The first-order valence-corrected chi connectivity index (χ1v) is 12.2. The lowest BCUT2D eigenvalue weighted by Gasteiger charge is -2.44. The van der Waals surface area contributed by atoms with Gasteiger partial charge in [-0.05, 0) is 98.9 Å². The van der Waals surface area contributed by atoms with Gasteiger partial charge in [-0.1, -0.05) is 69.7 Å². The fourth-order valence-corrected chi connectivity index (χ4v) is 6.51. The Hall–Kier alpha value is -1.08. The minimum Gasteiger partial charge on any atom is -0.393 e. The van der Waals surface area contributed by atoms with Crippen molar-refractivity contribution < 1.29 is 5.11 Å². The van der Waals surface area contributed by atoms with E-state index in [1.165, 1.54) is 61.7 Å². The van der Waals surface area contributed by atoms with E-state index < -0.39 is 0 Å². The van der Waals surface area contributed by atoms with Gasteiger partial charge < -0.3 is 5.11 Å². The molecule has 0 saturated heterocycles. The number of rotatable bonds is 6. The van der Waals surface area contributed by atoms with Crippen LogP contribution in [0.25, 0.3) is 0 Å². The lowest BCUT2D eigenvalue weighted by molar-refractivity contribution is 0.0942. The second kappa shape index (κ2) is 9.38. The van der Waals surface area contributed by atoms with Gasteiger partial charge in [0.2, 0.25) is 0 Å². The molecule has 0 radical (unpaired) electrons. The zero-order chi connectivity index (χ0) is 21.2. The van der Waals surface area contributed by atoms with Crippen molar-refractivity contribution in [3.8, 4) is 0 Å². The van der Waals surface area contributed by atoms with E-state index in [0.717, 1.165) is 37.0 Å². The third kappa shape index (κ3) is 4.98. The van der Waals surface area contributed by atoms with E-state index in [1.807, 2.05) is 0 Å². The van der Waals surface area contributed by atoms with E-state index >= 15 is 0 Å². The summed E-state index contributed by atoms with van der Waals surface area (Å²) in [5.74, 6) is 2.98. The maximum Gasteiger partial charge on any atom is 0.0583 e. The summed E-state index contributed by atoms with van der Waals surface area (Å²) in [6.45, 7) is 18.2. The van der Waals surface area contributed by atoms with Crippen LogP contribution in [0.2, 0.25) is 0 Å². The summed E-state index contributed by atoms with van der Waals surface area (Å²) in [5.41, 5.74) is 6.06. The first-order valence-electron chi connectivity index (χ1n) is 12.2. The van der Waals surface area contributed by atoms with E-state index in [9.17, 15) is 5.11 Å². The molecule has 162 valence electrons. The summed E-state index contributed by atoms with van der Waals surface area (Å²) in [7, 11) is 0. The monoisotopic (exact) mass is 396 g/mol. The number of allylic oxidation sites excluding steroid dienone is 5. The van der Waals surface area contributed by atoms with Crippen LogP contribution in [-0.4, -0.2) is 11.2 Å². The van der Waals surface area contributed by atoms with E-state index in [4.69, 9.17) is 0 Å². The third-order valence-electron chi connectivity index (χ3n) is 8.65. The second-order valence-corrected chi connectivity index (χ2v) is 10.9. The zero-order valence-electron chi connectivity index (χ0n) is 19.5. The SMILES string of the molecule is C=C1CCC(O)C/C1=C/C=C1\CCCC2(C)C1CCC2C(C)CCC(=C)C(C)C. The van der Waals surface area contributed by atoms with Crippen LogP contribution in [0, 0.1) is 29.1 Å². The van der Waals surface area contributed by atoms with Gasteiger partial charge in [-0.2, -0.15) is 0 Å². The fraction of sp³-hybridized carbons (Fsp3) is 0.714. The van der Waals surface area contributed by atoms with Crippen LogP contribution in [0.1, 0.15) is 91.9 Å². The Kier molecular flexibility index (Phi) is 7.31. The Labute approximate surface area is 180 Å². The molecule has 5 atom stereocenters. The van der Waals surface area contributed by atoms with E-state index in [-0.39, 0.29) is 6.10 Å². The minimum atomic E-state index is -0.181. The normalized spacial score (nSPS) is 36.6. The molecule has 0 spiro atoms. The van der Waals surface area contributed by atoms with Gasteiger partial charge in [0.25, 0.3) is 0 Å². The molecule has 0 aromatic carbocycles. The molecule has 3 aliphatic carbocycles. The van der Waals surface area contributed by atoms with Crippen LogP contribution >= 0.6 is 0 Å². The third-order valence-corrected chi connectivity index (χ3v) is 8.65. The Bertz CT molecular complexity index is 678. The van der Waals surface area contributed by atoms with Gasteiger partial charge in [-0.15, -0.1) is 0 Å². The molecule has 5 unspecified atom stereocenters. The smallest absolute Gasteiger partial charge is 0.0583 e. The highest BCUT2D eigenvalue weighted by molar-refractivity contribution is 5.36. The second-order valence-electron chi connectivity index (χ2n) is 10.9. The quantitative estimate of drug-likeness (QED) is 0.454. The highest BCUT2D eigenvalue weighted by Gasteiger charge is 2.50. The Morgan fingerprint density at radius 2 is 1.93 bits per heavy atom. The number of hydrogen-bond acceptors (Lipinski definition) is 1. The molecular formula is C28H44O. The first-order chi connectivity index (χ1) is 13.7. The molecule has 3 fully saturated rings. The van der Waals surface area contributed by atoms with E-state index in [2.05, 4.69) is 53.0 Å². The highest BCUT2D eigenvalue weighted by atomic mass is 16.3. The average Bonchev–Trinajstić information content (AvgIpc) is 3.04. The molecule has 0 bridgehead atoms. The fourth-order valence-electron chi connectivity index (χ4n) is 6.51. The first kappa shape index (κ1) is 22.6. The molecule has 0 aromatic heterocycles. The van der Waals surface area contributed by atoms with Crippen LogP contribution in [0.3, 0.4) is 0 Å². The molecular weight excluding hydrogens is 352 g/mol. The molecule has 3 rings (SSSR count). The summed E-state index contributed by atoms with van der Waals surface area (Å²) in [4.78, 5) is 0. The van der Waals surface area contributed by atoms with Crippen LogP contribution in [0.5, 0.6) is 0 Å². The minimum absolute atomic E-state index is 0.181. The average molecular weight is 397 g/mol. The van der Waals surface area contributed by atoms with Gasteiger partial charge in [0.15, 0.2) is 0 Å². The van der Waals surface area contributed by atoms with Crippen molar-refractivity contribution in [1.29, 1.82) is 0 Å². The van der Waals surface area contributed by atoms with Crippen molar-refractivity contribution >= 4 is 0 Å². The van der Waals surface area contributed by atoms with E-state index in [0.29, 0.717) is 11.3 Å². The summed E-state index contributed by atoms with van der Waals surface area (Å²) < 4.78 is 0. The molecule has 0 aromatic rings. The van der Waals surface area contributed by atoms with Crippen LogP contribution < -0.4 is 0 Å². The molecule has 1 N–H and O–H groups in total. The van der Waals surface area contributed by atoms with Crippen molar-refractivity contribution in [2.24, 2.45) is 29.1 Å². The number of aliphatic hydroxyl groups is 1. The van der Waals surface area contributed by atoms with Crippen LogP contribution in [0.4, 0.5) is 0 Å². The van der Waals surface area contributed by atoms with E-state index in [1.54, 1.807) is 5.57 Å². The summed E-state index contributed by atoms with van der Waals surface area (Å²) in [5, 5.41) is 10.0. The Balaban J connectivity index is 1.71. The highest BCUT2D eigenvalue weighted by Crippen LogP contribution is 2.60. The summed E-state index contributed by atoms with van der Waals surface area (Å²) >= 11 is 0. The molecule has 1 nitrogen and oxygen atoms in total. The molecule has 0 heterocycles. The molecule has 3 saturated carbocycles. The molecule has 1 heteroatoms. The lowest BCUT2D eigenvalue weighted by Crippen LogP contribution is -2.36. The topological polar surface area (TPSA) is 20.2 Å². The summed E-state index contributed by atoms with van der Waals surface area (Å²) in [6.07, 6.45) is 16.3. The Morgan fingerprint density at radius 3 is 2.66 bits per heavy atom. The number of fused-ring (bicyclic) bond motifs is 1. The van der Waals surface area contributed by atoms with Crippen LogP contribution in [0.15, 0.2) is 47.6 Å². The van der Waals surface area contributed by atoms with Crippen molar-refractivity contribution in [3.05, 3.63) is 47.6 Å². The standard InChI is InChI=1S/C28H44O/c1-19(2)20(3)9-10-22(5)26-15-16-27-23(8-7-17-28(26,27)6)12-13-24-18-25(29)14-11-21(24)4/h12-13,19,22,25-27,29H,3-4,7-11,14-18H2,1-2,5-6H3/b23-12+,24-13-. The molecule has 0 amide bonds. The predicted molar refractivity (Wildman–Crippen MR) is 126 cm³/mol. The van der Waals surface area contributed by atoms with Gasteiger partial charge in [-0.25, -0.2) is 0 Å². The van der Waals surface area contributed by atoms with Gasteiger partial charge in [0.05, 0.1) is 6.10 Å². The molecule has 0 aliphatic heterocycles. The van der Waals surface area contributed by atoms with Gasteiger partial charge in [-0.3, -0.25) is 0 Å². The number of hydrogen-bond donors (Lipinski definition) is 1. The Morgan fingerprint density at radius 1 is 1.17 bits per heavy atom. The maximum atomic E-state index is 10.0. The predicted octanol–water partition coefficient (Wildman–Crippen LogP) is 7.79. The van der Waals surface area contributed by atoms with Crippen molar-refractivity contribution in [2.45, 2.75) is 98.0 Å². The zero-order valence-corrected chi connectivity index (χ0v) is 19.5. The lowest BCUT2D eigenvalue weighted by atomic mass is 9.60. The summed E-state index contributed by atoms with van der Waals surface area (Å²) in [6, 6.07) is 0. The van der Waals surface area contributed by atoms with Crippen LogP contribution in [-0.2, 0) is 0 Å². The van der Waals surface area contributed by atoms with Gasteiger partial charge in [0.1, 0.15) is 0 Å². The van der Waals surface area contributed by atoms with Gasteiger partial charge >= 0.3 is 0 Å². The van der Waals surface area contributed by atoms with Gasteiger partial charge in [0, 0.05) is 0 Å². The van der Waals surface area contributed by atoms with Crippen molar-refractivity contribution in [1.82, 2.24) is 0 Å². The largest absolute Gasteiger partial charge is 0.393 e. The molecule has 29 heavy (non-hydrogen) atoms.